The van der Waals surface area contributed by atoms with Gasteiger partial charge in [0.1, 0.15) is 34.6 Å². The predicted molar refractivity (Wildman–Crippen MR) is 203 cm³/mol. The topological polar surface area (TPSA) is 103 Å². The van der Waals surface area contributed by atoms with Crippen molar-refractivity contribution < 1.29 is 14.2 Å². The number of methoxy groups -OCH3 is 2. The largest absolute Gasteiger partial charge is 0.497 e. The van der Waals surface area contributed by atoms with Crippen LogP contribution in [-0.2, 0) is 0 Å². The van der Waals surface area contributed by atoms with Gasteiger partial charge in [0.2, 0.25) is 0 Å². The minimum absolute atomic E-state index is 0.620. The van der Waals surface area contributed by atoms with Gasteiger partial charge >= 0.3 is 0 Å². The molecule has 8 aromatic rings. The summed E-state index contributed by atoms with van der Waals surface area (Å²) in [6, 6.07) is 46.9. The van der Waals surface area contributed by atoms with Crippen molar-refractivity contribution >= 4 is 44.8 Å². The van der Waals surface area contributed by atoms with E-state index in [1.54, 1.807) is 14.2 Å². The summed E-state index contributed by atoms with van der Waals surface area (Å²) in [5, 5.41) is 8.58. The molecule has 0 unspecified atom stereocenters. The lowest BCUT2D eigenvalue weighted by Gasteiger charge is -2.14. The molecule has 0 aliphatic heterocycles. The number of nitrogens with zero attached hydrogens (tertiary/aromatic N) is 4. The van der Waals surface area contributed by atoms with E-state index in [2.05, 4.69) is 10.6 Å². The molecule has 0 bridgehead atoms. The number of ether oxygens (including phenoxy) is 3. The van der Waals surface area contributed by atoms with Gasteiger partial charge in [-0.25, -0.2) is 19.9 Å². The summed E-state index contributed by atoms with van der Waals surface area (Å²) in [4.78, 5) is 19.7. The quantitative estimate of drug-likeness (QED) is 0.147. The van der Waals surface area contributed by atoms with Crippen LogP contribution in [0, 0.1) is 0 Å². The van der Waals surface area contributed by atoms with Gasteiger partial charge in [-0.05, 0) is 84.9 Å². The highest BCUT2D eigenvalue weighted by atomic mass is 16.5. The Morgan fingerprint density at radius 1 is 0.412 bits per heavy atom. The van der Waals surface area contributed by atoms with Crippen molar-refractivity contribution in [2.75, 3.05) is 24.9 Å². The third kappa shape index (κ3) is 6.81. The van der Waals surface area contributed by atoms with Crippen LogP contribution < -0.4 is 24.8 Å². The summed E-state index contributed by atoms with van der Waals surface area (Å²) in [6.45, 7) is 0. The zero-order valence-corrected chi connectivity index (χ0v) is 27.9. The lowest BCUT2D eigenvalue weighted by molar-refractivity contribution is 0.415. The molecule has 2 aromatic heterocycles. The summed E-state index contributed by atoms with van der Waals surface area (Å²) in [5.41, 5.74) is 5.12. The highest BCUT2D eigenvalue weighted by Gasteiger charge is 2.15. The molecule has 0 atom stereocenters. The molecule has 51 heavy (non-hydrogen) atoms. The molecule has 0 spiro atoms. The highest BCUT2D eigenvalue weighted by molar-refractivity contribution is 5.95. The molecule has 0 radical (unpaired) electrons. The van der Waals surface area contributed by atoms with Crippen LogP contribution in [0.2, 0.25) is 0 Å². The Bertz CT molecular complexity index is 2280. The molecule has 8 rings (SSSR count). The second kappa shape index (κ2) is 13.9. The van der Waals surface area contributed by atoms with Crippen LogP contribution in [-0.4, -0.2) is 34.2 Å². The predicted octanol–water partition coefficient (Wildman–Crippen LogP) is 10.2. The van der Waals surface area contributed by atoms with Gasteiger partial charge in [0.25, 0.3) is 0 Å². The summed E-state index contributed by atoms with van der Waals surface area (Å²) in [5.74, 6) is 5.34. The fourth-order valence-electron chi connectivity index (χ4n) is 5.72. The van der Waals surface area contributed by atoms with Crippen LogP contribution in [0.25, 0.3) is 44.6 Å². The summed E-state index contributed by atoms with van der Waals surface area (Å²) >= 11 is 0. The highest BCUT2D eigenvalue weighted by Crippen LogP contribution is 2.35. The number of benzene rings is 6. The van der Waals surface area contributed by atoms with Gasteiger partial charge in [0.15, 0.2) is 11.6 Å². The van der Waals surface area contributed by atoms with Gasteiger partial charge in [0.05, 0.1) is 25.3 Å². The second-order valence-electron chi connectivity index (χ2n) is 11.7. The van der Waals surface area contributed by atoms with E-state index in [1.165, 1.54) is 0 Å². The fourth-order valence-corrected chi connectivity index (χ4v) is 5.72. The smallest absolute Gasteiger partial charge is 0.162 e. The first-order chi connectivity index (χ1) is 25.1. The molecule has 6 aromatic carbocycles. The maximum Gasteiger partial charge on any atom is 0.162 e. The Kier molecular flexibility index (Phi) is 8.50. The van der Waals surface area contributed by atoms with Crippen LogP contribution in [0.15, 0.2) is 146 Å². The standard InChI is InChI=1S/C42H32N6O3/c1-49-31-17-13-29(14-18-31)43-41-35-25-33(21-23-37(35)45-39(47-41)27-9-5-3-6-10-27)51-34-22-24-38-36(26-34)42(44-30-15-19-32(50-2)20-16-30)48-40(46-38)28-11-7-4-8-12-28/h3-26H,1-2H3,(H,43,45,47)(H,44,46,48). The normalized spacial score (nSPS) is 10.9. The number of hydrogen-bond donors (Lipinski definition) is 2. The Morgan fingerprint density at radius 3 is 1.20 bits per heavy atom. The molecule has 0 fully saturated rings. The molecule has 0 aliphatic rings. The summed E-state index contributed by atoms with van der Waals surface area (Å²) in [6.07, 6.45) is 0. The van der Waals surface area contributed by atoms with Crippen LogP contribution >= 0.6 is 0 Å². The second-order valence-corrected chi connectivity index (χ2v) is 11.7. The van der Waals surface area contributed by atoms with Crippen LogP contribution in [0.3, 0.4) is 0 Å². The van der Waals surface area contributed by atoms with E-state index >= 15 is 0 Å². The van der Waals surface area contributed by atoms with Crippen molar-refractivity contribution in [3.8, 4) is 45.8 Å². The molecule has 0 aliphatic carbocycles. The van der Waals surface area contributed by atoms with Crippen LogP contribution in [0.4, 0.5) is 23.0 Å². The number of hydrogen-bond acceptors (Lipinski definition) is 9. The molecular formula is C42H32N6O3. The van der Waals surface area contributed by atoms with Crippen molar-refractivity contribution in [1.82, 2.24) is 19.9 Å². The van der Waals surface area contributed by atoms with Gasteiger partial charge in [-0.15, -0.1) is 0 Å². The fraction of sp³-hybridized carbons (Fsp3) is 0.0476. The van der Waals surface area contributed by atoms with Crippen LogP contribution in [0.5, 0.6) is 23.0 Å². The maximum absolute atomic E-state index is 6.50. The van der Waals surface area contributed by atoms with Crippen molar-refractivity contribution in [3.05, 3.63) is 146 Å². The lowest BCUT2D eigenvalue weighted by atomic mass is 10.1. The van der Waals surface area contributed by atoms with Crippen molar-refractivity contribution in [3.63, 3.8) is 0 Å². The first-order valence-electron chi connectivity index (χ1n) is 16.4. The van der Waals surface area contributed by atoms with E-state index < -0.39 is 0 Å². The monoisotopic (exact) mass is 668 g/mol. The third-order valence-corrected chi connectivity index (χ3v) is 8.34. The zero-order valence-electron chi connectivity index (χ0n) is 27.9. The van der Waals surface area contributed by atoms with Crippen molar-refractivity contribution in [2.24, 2.45) is 0 Å². The maximum atomic E-state index is 6.50. The SMILES string of the molecule is COc1ccc(Nc2nc(-c3ccccc3)nc3ccc(Oc4ccc5nc(-c6ccccc6)nc(Nc6ccc(OC)cc6)c5c4)cc23)cc1. The minimum atomic E-state index is 0.620. The average molecular weight is 669 g/mol. The van der Waals surface area contributed by atoms with E-state index in [-0.39, 0.29) is 0 Å². The van der Waals surface area contributed by atoms with E-state index in [0.717, 1.165) is 55.8 Å². The zero-order chi connectivity index (χ0) is 34.6. The van der Waals surface area contributed by atoms with Gasteiger partial charge in [0, 0.05) is 33.3 Å². The first kappa shape index (κ1) is 31.3. The summed E-state index contributed by atoms with van der Waals surface area (Å²) < 4.78 is 17.2. The molecule has 9 heteroatoms. The average Bonchev–Trinajstić information content (AvgIpc) is 3.19. The van der Waals surface area contributed by atoms with E-state index in [1.807, 2.05) is 146 Å². The molecule has 9 nitrogen and oxygen atoms in total. The first-order valence-corrected chi connectivity index (χ1v) is 16.4. The van der Waals surface area contributed by atoms with Gasteiger partial charge < -0.3 is 24.8 Å². The van der Waals surface area contributed by atoms with E-state index in [9.17, 15) is 0 Å². The number of rotatable bonds is 10. The molecule has 0 saturated carbocycles. The summed E-state index contributed by atoms with van der Waals surface area (Å²) in [7, 11) is 3.30. The molecule has 2 N–H and O–H groups in total. The van der Waals surface area contributed by atoms with Crippen LogP contribution in [0.1, 0.15) is 0 Å². The number of aromatic nitrogens is 4. The number of anilines is 4. The molecular weight excluding hydrogens is 637 g/mol. The molecule has 248 valence electrons. The third-order valence-electron chi connectivity index (χ3n) is 8.34. The lowest BCUT2D eigenvalue weighted by Crippen LogP contribution is -2.00. The Labute approximate surface area is 294 Å². The van der Waals surface area contributed by atoms with Gasteiger partial charge in [-0.3, -0.25) is 0 Å². The Hall–Kier alpha value is -7.00. The van der Waals surface area contributed by atoms with E-state index in [0.29, 0.717) is 34.8 Å². The van der Waals surface area contributed by atoms with Crippen molar-refractivity contribution in [2.45, 2.75) is 0 Å². The van der Waals surface area contributed by atoms with Gasteiger partial charge in [-0.1, -0.05) is 60.7 Å². The molecule has 0 amide bonds. The minimum Gasteiger partial charge on any atom is -0.497 e. The molecule has 2 heterocycles. The van der Waals surface area contributed by atoms with Crippen molar-refractivity contribution in [1.29, 1.82) is 0 Å². The van der Waals surface area contributed by atoms with E-state index in [4.69, 9.17) is 34.1 Å². The Balaban J connectivity index is 1.17. The number of fused-ring (bicyclic) bond motifs is 2. The van der Waals surface area contributed by atoms with Gasteiger partial charge in [-0.2, -0.15) is 0 Å². The number of nitrogens with one attached hydrogen (secondary N) is 2. The Morgan fingerprint density at radius 2 is 0.804 bits per heavy atom. The molecule has 0 saturated heterocycles.